The Morgan fingerprint density at radius 1 is 1.36 bits per heavy atom. The SMILES string of the molecule is Cc1occc1-c1nnc(SC(C)C(=O)Nc2ccc(Cl)cc2F)o1. The Balaban J connectivity index is 1.66. The van der Waals surface area contributed by atoms with E-state index >= 15 is 0 Å². The van der Waals surface area contributed by atoms with Gasteiger partial charge in [-0.05, 0) is 38.1 Å². The zero-order valence-corrected chi connectivity index (χ0v) is 14.8. The van der Waals surface area contributed by atoms with Crippen molar-refractivity contribution < 1.29 is 18.0 Å². The van der Waals surface area contributed by atoms with Crippen LogP contribution in [0.3, 0.4) is 0 Å². The van der Waals surface area contributed by atoms with Crippen LogP contribution in [-0.2, 0) is 4.79 Å². The highest BCUT2D eigenvalue weighted by Crippen LogP contribution is 2.29. The molecule has 0 aliphatic heterocycles. The summed E-state index contributed by atoms with van der Waals surface area (Å²) in [6.45, 7) is 3.43. The minimum Gasteiger partial charge on any atom is -0.469 e. The van der Waals surface area contributed by atoms with Crippen LogP contribution in [0.5, 0.6) is 0 Å². The van der Waals surface area contributed by atoms with Crippen LogP contribution in [-0.4, -0.2) is 21.4 Å². The molecule has 0 radical (unpaired) electrons. The number of hydrogen-bond donors (Lipinski definition) is 1. The Kier molecular flexibility index (Phi) is 5.10. The number of hydrogen-bond acceptors (Lipinski definition) is 6. The monoisotopic (exact) mass is 381 g/mol. The average molecular weight is 382 g/mol. The lowest BCUT2D eigenvalue weighted by Crippen LogP contribution is -2.23. The standard InChI is InChI=1S/C16H13ClFN3O3S/c1-8-11(5-6-23-8)15-20-21-16(24-15)25-9(2)14(22)19-13-4-3-10(17)7-12(13)18/h3-7,9H,1-2H3,(H,19,22). The molecule has 0 aliphatic rings. The molecule has 25 heavy (non-hydrogen) atoms. The first kappa shape index (κ1) is 17.5. The zero-order chi connectivity index (χ0) is 18.0. The summed E-state index contributed by atoms with van der Waals surface area (Å²) in [5, 5.41) is 10.3. The van der Waals surface area contributed by atoms with E-state index in [1.54, 1.807) is 19.9 Å². The van der Waals surface area contributed by atoms with Crippen LogP contribution >= 0.6 is 23.4 Å². The Bertz CT molecular complexity index is 912. The molecule has 3 aromatic rings. The number of amides is 1. The van der Waals surface area contributed by atoms with Crippen molar-refractivity contribution in [2.75, 3.05) is 5.32 Å². The van der Waals surface area contributed by atoms with E-state index in [0.717, 1.165) is 17.8 Å². The molecule has 1 aromatic carbocycles. The van der Waals surface area contributed by atoms with Gasteiger partial charge in [-0.25, -0.2) is 4.39 Å². The predicted molar refractivity (Wildman–Crippen MR) is 92.1 cm³/mol. The Morgan fingerprint density at radius 2 is 2.16 bits per heavy atom. The third-order valence-electron chi connectivity index (χ3n) is 3.33. The number of halogens is 2. The molecule has 9 heteroatoms. The Hall–Kier alpha value is -2.32. The van der Waals surface area contributed by atoms with Gasteiger partial charge < -0.3 is 14.2 Å². The van der Waals surface area contributed by atoms with E-state index in [4.69, 9.17) is 20.4 Å². The summed E-state index contributed by atoms with van der Waals surface area (Å²) >= 11 is 6.76. The van der Waals surface area contributed by atoms with Gasteiger partial charge in [-0.1, -0.05) is 23.4 Å². The van der Waals surface area contributed by atoms with Gasteiger partial charge in [0, 0.05) is 5.02 Å². The predicted octanol–water partition coefficient (Wildman–Crippen LogP) is 4.55. The van der Waals surface area contributed by atoms with Crippen LogP contribution in [0.1, 0.15) is 12.7 Å². The van der Waals surface area contributed by atoms with Crippen molar-refractivity contribution in [3.8, 4) is 11.5 Å². The fraction of sp³-hybridized carbons (Fsp3) is 0.188. The van der Waals surface area contributed by atoms with Crippen LogP contribution in [0.4, 0.5) is 10.1 Å². The topological polar surface area (TPSA) is 81.2 Å². The number of nitrogens with zero attached hydrogens (tertiary/aromatic N) is 2. The Morgan fingerprint density at radius 3 is 2.84 bits per heavy atom. The Labute approximate surface area is 151 Å². The molecule has 0 aliphatic carbocycles. The number of carbonyl (C=O) groups excluding carboxylic acids is 1. The molecule has 130 valence electrons. The summed E-state index contributed by atoms with van der Waals surface area (Å²) in [6, 6.07) is 5.75. The minimum atomic E-state index is -0.603. The summed E-state index contributed by atoms with van der Waals surface area (Å²) in [7, 11) is 0. The largest absolute Gasteiger partial charge is 0.469 e. The lowest BCUT2D eigenvalue weighted by Gasteiger charge is -2.10. The van der Waals surface area contributed by atoms with Crippen molar-refractivity contribution in [1.82, 2.24) is 10.2 Å². The number of rotatable bonds is 5. The highest BCUT2D eigenvalue weighted by atomic mass is 35.5. The van der Waals surface area contributed by atoms with E-state index in [-0.39, 0.29) is 15.9 Å². The first-order valence-electron chi connectivity index (χ1n) is 7.24. The van der Waals surface area contributed by atoms with Crippen LogP contribution in [0.25, 0.3) is 11.5 Å². The number of aromatic nitrogens is 2. The second-order valence-corrected chi connectivity index (χ2v) is 6.87. The molecule has 3 rings (SSSR count). The number of benzene rings is 1. The molecular weight excluding hydrogens is 369 g/mol. The third kappa shape index (κ3) is 4.02. The van der Waals surface area contributed by atoms with Crippen molar-refractivity contribution in [2.45, 2.75) is 24.3 Å². The van der Waals surface area contributed by atoms with Crippen molar-refractivity contribution in [3.05, 3.63) is 47.1 Å². The summed E-state index contributed by atoms with van der Waals surface area (Å²) in [5.74, 6) is -0.0340. The smallest absolute Gasteiger partial charge is 0.277 e. The maximum absolute atomic E-state index is 13.7. The molecule has 0 fully saturated rings. The molecule has 2 aromatic heterocycles. The lowest BCUT2D eigenvalue weighted by atomic mass is 10.3. The molecule has 1 N–H and O–H groups in total. The fourth-order valence-electron chi connectivity index (χ4n) is 2.00. The molecule has 1 atom stereocenters. The maximum atomic E-state index is 13.7. The molecule has 1 amide bonds. The van der Waals surface area contributed by atoms with Crippen LogP contribution in [0.2, 0.25) is 5.02 Å². The van der Waals surface area contributed by atoms with E-state index in [1.807, 2.05) is 0 Å². The van der Waals surface area contributed by atoms with E-state index < -0.39 is 17.0 Å². The number of thioether (sulfide) groups is 1. The molecule has 0 saturated carbocycles. The zero-order valence-electron chi connectivity index (χ0n) is 13.2. The van der Waals surface area contributed by atoms with Gasteiger partial charge in [0.1, 0.15) is 11.6 Å². The van der Waals surface area contributed by atoms with E-state index in [1.165, 1.54) is 18.4 Å². The van der Waals surface area contributed by atoms with Gasteiger partial charge >= 0.3 is 0 Å². The van der Waals surface area contributed by atoms with Crippen LogP contribution in [0.15, 0.2) is 44.6 Å². The highest BCUT2D eigenvalue weighted by Gasteiger charge is 2.20. The van der Waals surface area contributed by atoms with Gasteiger partial charge in [0.05, 0.1) is 22.8 Å². The average Bonchev–Trinajstić information content (AvgIpc) is 3.18. The summed E-state index contributed by atoms with van der Waals surface area (Å²) in [6.07, 6.45) is 1.53. The molecular formula is C16H13ClFN3O3S. The summed E-state index contributed by atoms with van der Waals surface area (Å²) in [4.78, 5) is 12.2. The van der Waals surface area contributed by atoms with E-state index in [0.29, 0.717) is 17.2 Å². The fourth-order valence-corrected chi connectivity index (χ4v) is 2.85. The second-order valence-electron chi connectivity index (χ2n) is 5.14. The maximum Gasteiger partial charge on any atom is 0.277 e. The summed E-state index contributed by atoms with van der Waals surface area (Å²) in [5.41, 5.74) is 0.752. The van der Waals surface area contributed by atoms with Crippen LogP contribution < -0.4 is 5.32 Å². The van der Waals surface area contributed by atoms with Crippen molar-refractivity contribution >= 4 is 35.0 Å². The third-order valence-corrected chi connectivity index (χ3v) is 4.50. The van der Waals surface area contributed by atoms with Crippen molar-refractivity contribution in [1.29, 1.82) is 0 Å². The molecule has 0 spiro atoms. The van der Waals surface area contributed by atoms with Gasteiger partial charge in [0.2, 0.25) is 5.91 Å². The number of nitrogens with one attached hydrogen (secondary N) is 1. The van der Waals surface area contributed by atoms with Crippen molar-refractivity contribution in [3.63, 3.8) is 0 Å². The molecule has 2 heterocycles. The lowest BCUT2D eigenvalue weighted by molar-refractivity contribution is -0.115. The normalized spacial score (nSPS) is 12.2. The van der Waals surface area contributed by atoms with Crippen molar-refractivity contribution in [2.24, 2.45) is 0 Å². The van der Waals surface area contributed by atoms with Gasteiger partial charge in [-0.3, -0.25) is 4.79 Å². The molecule has 0 bridgehead atoms. The summed E-state index contributed by atoms with van der Waals surface area (Å²) < 4.78 is 24.5. The second kappa shape index (κ2) is 7.28. The van der Waals surface area contributed by atoms with Gasteiger partial charge in [-0.2, -0.15) is 0 Å². The van der Waals surface area contributed by atoms with Gasteiger partial charge in [0.25, 0.3) is 11.1 Å². The number of carbonyl (C=O) groups is 1. The number of furan rings is 1. The molecule has 0 saturated heterocycles. The first-order chi connectivity index (χ1) is 11.9. The van der Waals surface area contributed by atoms with Gasteiger partial charge in [0.15, 0.2) is 0 Å². The number of aryl methyl sites for hydroxylation is 1. The highest BCUT2D eigenvalue weighted by molar-refractivity contribution is 8.00. The van der Waals surface area contributed by atoms with Crippen LogP contribution in [0, 0.1) is 12.7 Å². The first-order valence-corrected chi connectivity index (χ1v) is 8.50. The van der Waals surface area contributed by atoms with E-state index in [2.05, 4.69) is 15.5 Å². The number of anilines is 1. The minimum absolute atomic E-state index is 0.0575. The van der Waals surface area contributed by atoms with Gasteiger partial charge in [-0.15, -0.1) is 10.2 Å². The molecule has 1 unspecified atom stereocenters. The quantitative estimate of drug-likeness (QED) is 0.653. The molecule has 6 nitrogen and oxygen atoms in total. The van der Waals surface area contributed by atoms with E-state index in [9.17, 15) is 9.18 Å².